The van der Waals surface area contributed by atoms with Crippen molar-refractivity contribution < 1.29 is 29.0 Å². The monoisotopic (exact) mass is 204 g/mol. The number of carbonyl (C=O) groups excluding carboxylic acids is 2. The van der Waals surface area contributed by atoms with E-state index in [2.05, 4.69) is 9.47 Å². The summed E-state index contributed by atoms with van der Waals surface area (Å²) < 4.78 is 9.05. The highest BCUT2D eigenvalue weighted by molar-refractivity contribution is 5.76. The van der Waals surface area contributed by atoms with Crippen molar-refractivity contribution >= 4 is 17.9 Å². The van der Waals surface area contributed by atoms with Gasteiger partial charge < -0.3 is 14.6 Å². The minimum Gasteiger partial charge on any atom is -0.481 e. The molecule has 80 valence electrons. The molecular formula is C8H12O6. The Hall–Kier alpha value is -1.59. The SMILES string of the molecule is CC(=O)OCCOC(=O)CCC(=O)O. The summed E-state index contributed by atoms with van der Waals surface area (Å²) in [7, 11) is 0. The molecule has 0 aliphatic rings. The van der Waals surface area contributed by atoms with Gasteiger partial charge in [0.25, 0.3) is 0 Å². The fourth-order valence-corrected chi connectivity index (χ4v) is 0.622. The normalized spacial score (nSPS) is 9.21. The van der Waals surface area contributed by atoms with Crippen LogP contribution >= 0.6 is 0 Å². The van der Waals surface area contributed by atoms with Gasteiger partial charge in [-0.1, -0.05) is 0 Å². The molecule has 0 saturated heterocycles. The van der Waals surface area contributed by atoms with Crippen LogP contribution in [0.5, 0.6) is 0 Å². The summed E-state index contributed by atoms with van der Waals surface area (Å²) >= 11 is 0. The molecule has 0 amide bonds. The maximum absolute atomic E-state index is 10.8. The molecule has 0 rings (SSSR count). The summed E-state index contributed by atoms with van der Waals surface area (Å²) in [5.41, 5.74) is 0. The van der Waals surface area contributed by atoms with Gasteiger partial charge in [0.15, 0.2) is 0 Å². The molecule has 0 aromatic heterocycles. The summed E-state index contributed by atoms with van der Waals surface area (Å²) in [6.45, 7) is 1.19. The van der Waals surface area contributed by atoms with Crippen LogP contribution in [0, 0.1) is 0 Å². The van der Waals surface area contributed by atoms with Gasteiger partial charge in [-0.25, -0.2) is 0 Å². The fraction of sp³-hybridized carbons (Fsp3) is 0.625. The fourth-order valence-electron chi connectivity index (χ4n) is 0.622. The van der Waals surface area contributed by atoms with Crippen LogP contribution in [0.25, 0.3) is 0 Å². The van der Waals surface area contributed by atoms with Gasteiger partial charge >= 0.3 is 17.9 Å². The third-order valence-electron chi connectivity index (χ3n) is 1.19. The van der Waals surface area contributed by atoms with E-state index in [1.165, 1.54) is 6.92 Å². The summed E-state index contributed by atoms with van der Waals surface area (Å²) in [4.78, 5) is 31.1. The minimum atomic E-state index is -1.05. The van der Waals surface area contributed by atoms with Crippen LogP contribution in [0.1, 0.15) is 19.8 Å². The average molecular weight is 204 g/mol. The first kappa shape index (κ1) is 12.4. The zero-order valence-corrected chi connectivity index (χ0v) is 7.82. The van der Waals surface area contributed by atoms with Crippen LogP contribution in [0.4, 0.5) is 0 Å². The zero-order valence-electron chi connectivity index (χ0n) is 7.82. The molecule has 0 saturated carbocycles. The van der Waals surface area contributed by atoms with E-state index < -0.39 is 17.9 Å². The molecule has 0 unspecified atom stereocenters. The molecule has 0 spiro atoms. The highest BCUT2D eigenvalue weighted by Crippen LogP contribution is 1.92. The van der Waals surface area contributed by atoms with Crippen molar-refractivity contribution in [1.29, 1.82) is 0 Å². The molecule has 0 bridgehead atoms. The van der Waals surface area contributed by atoms with Gasteiger partial charge in [-0.05, 0) is 0 Å². The number of rotatable bonds is 6. The number of carboxylic acid groups (broad SMARTS) is 1. The van der Waals surface area contributed by atoms with Gasteiger partial charge in [-0.3, -0.25) is 14.4 Å². The van der Waals surface area contributed by atoms with Gasteiger partial charge in [0.1, 0.15) is 13.2 Å². The van der Waals surface area contributed by atoms with Crippen LogP contribution in [0.15, 0.2) is 0 Å². The van der Waals surface area contributed by atoms with Gasteiger partial charge in [-0.2, -0.15) is 0 Å². The highest BCUT2D eigenvalue weighted by atomic mass is 16.6. The Bertz CT molecular complexity index is 222. The van der Waals surface area contributed by atoms with Crippen molar-refractivity contribution in [3.8, 4) is 0 Å². The molecule has 14 heavy (non-hydrogen) atoms. The van der Waals surface area contributed by atoms with Crippen LogP contribution < -0.4 is 0 Å². The molecule has 6 heteroatoms. The highest BCUT2D eigenvalue weighted by Gasteiger charge is 2.06. The van der Waals surface area contributed by atoms with Crippen molar-refractivity contribution in [2.75, 3.05) is 13.2 Å². The number of carbonyl (C=O) groups is 3. The third-order valence-corrected chi connectivity index (χ3v) is 1.19. The van der Waals surface area contributed by atoms with Crippen molar-refractivity contribution in [2.45, 2.75) is 19.8 Å². The van der Waals surface area contributed by atoms with Gasteiger partial charge in [-0.15, -0.1) is 0 Å². The van der Waals surface area contributed by atoms with E-state index >= 15 is 0 Å². The Kier molecular flexibility index (Phi) is 6.09. The topological polar surface area (TPSA) is 89.9 Å². The smallest absolute Gasteiger partial charge is 0.306 e. The van der Waals surface area contributed by atoms with Crippen molar-refractivity contribution in [3.05, 3.63) is 0 Å². The van der Waals surface area contributed by atoms with E-state index in [4.69, 9.17) is 5.11 Å². The Balaban J connectivity index is 3.36. The lowest BCUT2D eigenvalue weighted by Gasteiger charge is -2.03. The molecule has 0 aliphatic heterocycles. The number of ether oxygens (including phenoxy) is 2. The molecule has 0 atom stereocenters. The van der Waals surface area contributed by atoms with Crippen molar-refractivity contribution in [1.82, 2.24) is 0 Å². The van der Waals surface area contributed by atoms with E-state index in [0.717, 1.165) is 0 Å². The summed E-state index contributed by atoms with van der Waals surface area (Å²) in [6, 6.07) is 0. The van der Waals surface area contributed by atoms with Crippen LogP contribution in [-0.2, 0) is 23.9 Å². The predicted molar refractivity (Wildman–Crippen MR) is 44.5 cm³/mol. The third kappa shape index (κ3) is 8.51. The average Bonchev–Trinajstić information content (AvgIpc) is 2.08. The largest absolute Gasteiger partial charge is 0.481 e. The molecule has 0 fully saturated rings. The van der Waals surface area contributed by atoms with E-state index in [1.807, 2.05) is 0 Å². The molecule has 0 heterocycles. The molecule has 0 aliphatic carbocycles. The first-order valence-electron chi connectivity index (χ1n) is 4.03. The quantitative estimate of drug-likeness (QED) is 0.482. The second-order valence-electron chi connectivity index (χ2n) is 2.45. The van der Waals surface area contributed by atoms with E-state index in [1.54, 1.807) is 0 Å². The van der Waals surface area contributed by atoms with Crippen LogP contribution in [0.2, 0.25) is 0 Å². The van der Waals surface area contributed by atoms with E-state index in [0.29, 0.717) is 0 Å². The Morgan fingerprint density at radius 3 is 2.14 bits per heavy atom. The molecular weight excluding hydrogens is 192 g/mol. The van der Waals surface area contributed by atoms with Gasteiger partial charge in [0, 0.05) is 6.92 Å². The van der Waals surface area contributed by atoms with Crippen molar-refractivity contribution in [3.63, 3.8) is 0 Å². The molecule has 0 aromatic rings. The number of aliphatic carboxylic acids is 1. The number of carboxylic acids is 1. The summed E-state index contributed by atoms with van der Waals surface area (Å²) in [5.74, 6) is -2.12. The Morgan fingerprint density at radius 2 is 1.64 bits per heavy atom. The lowest BCUT2D eigenvalue weighted by atomic mass is 10.3. The van der Waals surface area contributed by atoms with Crippen LogP contribution in [0.3, 0.4) is 0 Å². The molecule has 1 N–H and O–H groups in total. The van der Waals surface area contributed by atoms with Crippen LogP contribution in [-0.4, -0.2) is 36.2 Å². The Morgan fingerprint density at radius 1 is 1.07 bits per heavy atom. The first-order valence-corrected chi connectivity index (χ1v) is 4.03. The molecule has 0 radical (unpaired) electrons. The lowest BCUT2D eigenvalue weighted by Crippen LogP contribution is -2.13. The maximum atomic E-state index is 10.8. The summed E-state index contributed by atoms with van der Waals surface area (Å²) in [5, 5.41) is 8.23. The second kappa shape index (κ2) is 6.88. The van der Waals surface area contributed by atoms with Crippen molar-refractivity contribution in [2.24, 2.45) is 0 Å². The number of hydrogen-bond acceptors (Lipinski definition) is 5. The number of esters is 2. The van der Waals surface area contributed by atoms with E-state index in [9.17, 15) is 14.4 Å². The first-order chi connectivity index (χ1) is 6.52. The standard InChI is InChI=1S/C8H12O6/c1-6(9)13-4-5-14-8(12)3-2-7(10)11/h2-5H2,1H3,(H,10,11). The summed E-state index contributed by atoms with van der Waals surface area (Å²) in [6.07, 6.45) is -0.429. The second-order valence-corrected chi connectivity index (χ2v) is 2.45. The Labute approximate surface area is 80.8 Å². The molecule has 0 aromatic carbocycles. The van der Waals surface area contributed by atoms with Gasteiger partial charge in [0.05, 0.1) is 12.8 Å². The zero-order chi connectivity index (χ0) is 11.0. The minimum absolute atomic E-state index is 0.00581. The number of hydrogen-bond donors (Lipinski definition) is 1. The van der Waals surface area contributed by atoms with E-state index in [-0.39, 0.29) is 26.1 Å². The lowest BCUT2D eigenvalue weighted by molar-refractivity contribution is -0.152. The maximum Gasteiger partial charge on any atom is 0.306 e. The predicted octanol–water partition coefficient (Wildman–Crippen LogP) is -0.0425. The van der Waals surface area contributed by atoms with Gasteiger partial charge in [0.2, 0.25) is 0 Å². The molecule has 6 nitrogen and oxygen atoms in total.